The van der Waals surface area contributed by atoms with Gasteiger partial charge in [-0.05, 0) is 56.1 Å². The molecule has 0 unspecified atom stereocenters. The Morgan fingerprint density at radius 2 is 1.83 bits per heavy atom. The first-order chi connectivity index (χ1) is 11.6. The van der Waals surface area contributed by atoms with Crippen LogP contribution in [0.25, 0.3) is 0 Å². The van der Waals surface area contributed by atoms with Crippen LogP contribution in [0.2, 0.25) is 0 Å². The lowest BCUT2D eigenvalue weighted by Gasteiger charge is -2.28. The van der Waals surface area contributed by atoms with Gasteiger partial charge in [0, 0.05) is 25.3 Å². The Hall–Kier alpha value is -1.58. The molecule has 130 valence electrons. The van der Waals surface area contributed by atoms with Gasteiger partial charge in [-0.1, -0.05) is 25.7 Å². The number of carbonyl (C=O) groups excluding carboxylic acids is 1. The van der Waals surface area contributed by atoms with Crippen molar-refractivity contribution in [1.29, 1.82) is 0 Å². The molecule has 1 spiro atoms. The summed E-state index contributed by atoms with van der Waals surface area (Å²) in [5.41, 5.74) is 1.48. The van der Waals surface area contributed by atoms with Crippen molar-refractivity contribution in [3.05, 3.63) is 33.7 Å². The second kappa shape index (κ2) is 6.05. The van der Waals surface area contributed by atoms with Crippen LogP contribution in [-0.4, -0.2) is 28.5 Å². The first-order valence-electron chi connectivity index (χ1n) is 9.61. The molecule has 2 aliphatic carbocycles. The van der Waals surface area contributed by atoms with Crippen molar-refractivity contribution in [3.8, 4) is 0 Å². The largest absolute Gasteiger partial charge is 0.338 e. The van der Waals surface area contributed by atoms with Gasteiger partial charge >= 0.3 is 0 Å². The fourth-order valence-corrected chi connectivity index (χ4v) is 4.69. The zero-order valence-corrected chi connectivity index (χ0v) is 14.7. The van der Waals surface area contributed by atoms with E-state index >= 15 is 0 Å². The molecule has 1 aliphatic heterocycles. The Bertz CT molecular complexity index is 694. The average molecular weight is 328 g/mol. The number of rotatable bonds is 2. The van der Waals surface area contributed by atoms with Gasteiger partial charge in [0.2, 0.25) is 0 Å². The highest BCUT2D eigenvalue weighted by molar-refractivity contribution is 5.95. The molecule has 1 amide bonds. The van der Waals surface area contributed by atoms with Gasteiger partial charge in [-0.25, -0.2) is 0 Å². The summed E-state index contributed by atoms with van der Waals surface area (Å²) in [5.74, 6) is -0.0337. The Kier molecular flexibility index (Phi) is 4.01. The lowest BCUT2D eigenvalue weighted by molar-refractivity contribution is 0.0764. The molecule has 1 saturated heterocycles. The summed E-state index contributed by atoms with van der Waals surface area (Å²) >= 11 is 0. The maximum atomic E-state index is 13.1. The van der Waals surface area contributed by atoms with Crippen molar-refractivity contribution >= 4 is 5.91 Å². The highest BCUT2D eigenvalue weighted by Gasteiger charge is 2.40. The van der Waals surface area contributed by atoms with Gasteiger partial charge in [0.05, 0.1) is 0 Å². The molecule has 0 bridgehead atoms. The van der Waals surface area contributed by atoms with Gasteiger partial charge < -0.3 is 9.47 Å². The molecule has 1 aromatic rings. The summed E-state index contributed by atoms with van der Waals surface area (Å²) in [6.07, 6.45) is 12.8. The summed E-state index contributed by atoms with van der Waals surface area (Å²) in [7, 11) is 0. The van der Waals surface area contributed by atoms with E-state index in [0.29, 0.717) is 17.0 Å². The number of carbonyl (C=O) groups is 1. The summed E-state index contributed by atoms with van der Waals surface area (Å²) in [5, 5.41) is 0. The number of amides is 1. The molecule has 0 aromatic carbocycles. The van der Waals surface area contributed by atoms with Gasteiger partial charge in [0.1, 0.15) is 5.56 Å². The van der Waals surface area contributed by atoms with E-state index < -0.39 is 0 Å². The Morgan fingerprint density at radius 3 is 2.50 bits per heavy atom. The highest BCUT2D eigenvalue weighted by Crippen LogP contribution is 2.43. The smallest absolute Gasteiger partial charge is 0.263 e. The molecule has 0 N–H and O–H groups in total. The molecule has 3 aliphatic rings. The molecule has 3 fully saturated rings. The summed E-state index contributed by atoms with van der Waals surface area (Å²) in [6, 6.07) is 2.25. The maximum Gasteiger partial charge on any atom is 0.263 e. The SMILES string of the molecule is Cc1ccn(C2CC2)c(=O)c1C(=O)N1CCC2(CCCCCC2)C1. The third kappa shape index (κ3) is 2.80. The number of hydrogen-bond donors (Lipinski definition) is 0. The van der Waals surface area contributed by atoms with Crippen LogP contribution in [0.5, 0.6) is 0 Å². The van der Waals surface area contributed by atoms with Crippen LogP contribution in [0.15, 0.2) is 17.1 Å². The fraction of sp³-hybridized carbons (Fsp3) is 0.700. The zero-order chi connectivity index (χ0) is 16.7. The molecule has 4 nitrogen and oxygen atoms in total. The van der Waals surface area contributed by atoms with Crippen molar-refractivity contribution in [2.75, 3.05) is 13.1 Å². The van der Waals surface area contributed by atoms with E-state index in [1.165, 1.54) is 38.5 Å². The minimum Gasteiger partial charge on any atom is -0.338 e. The molecular weight excluding hydrogens is 300 g/mol. The third-order valence-electron chi connectivity index (χ3n) is 6.37. The minimum atomic E-state index is -0.0793. The van der Waals surface area contributed by atoms with Gasteiger partial charge in [-0.3, -0.25) is 9.59 Å². The molecule has 2 heterocycles. The molecule has 0 radical (unpaired) electrons. The standard InChI is InChI=1S/C20H28N2O2/c1-15-8-12-22(16-6-7-16)19(24)17(15)18(23)21-13-11-20(14-21)9-4-2-3-5-10-20/h8,12,16H,2-7,9-11,13-14H2,1H3. The van der Waals surface area contributed by atoms with Crippen molar-refractivity contribution in [1.82, 2.24) is 9.47 Å². The number of aromatic nitrogens is 1. The van der Waals surface area contributed by atoms with E-state index in [1.807, 2.05) is 24.1 Å². The van der Waals surface area contributed by atoms with E-state index in [-0.39, 0.29) is 11.5 Å². The van der Waals surface area contributed by atoms with Crippen LogP contribution in [0.3, 0.4) is 0 Å². The first kappa shape index (κ1) is 15.9. The number of pyridine rings is 1. The van der Waals surface area contributed by atoms with Crippen LogP contribution in [-0.2, 0) is 0 Å². The topological polar surface area (TPSA) is 42.3 Å². The summed E-state index contributed by atoms with van der Waals surface area (Å²) in [6.45, 7) is 3.56. The number of hydrogen-bond acceptors (Lipinski definition) is 2. The Labute approximate surface area is 143 Å². The number of nitrogens with zero attached hydrogens (tertiary/aromatic N) is 2. The Balaban J connectivity index is 1.58. The van der Waals surface area contributed by atoms with Crippen LogP contribution in [0.1, 0.15) is 79.8 Å². The number of likely N-dealkylation sites (tertiary alicyclic amines) is 1. The second-order valence-electron chi connectivity index (χ2n) is 8.21. The number of aryl methyl sites for hydroxylation is 1. The quantitative estimate of drug-likeness (QED) is 0.831. The predicted octanol–water partition coefficient (Wildman–Crippen LogP) is 3.68. The van der Waals surface area contributed by atoms with Crippen molar-refractivity contribution < 1.29 is 4.79 Å². The molecule has 2 saturated carbocycles. The third-order valence-corrected chi connectivity index (χ3v) is 6.37. The van der Waals surface area contributed by atoms with Crippen LogP contribution >= 0.6 is 0 Å². The molecule has 24 heavy (non-hydrogen) atoms. The van der Waals surface area contributed by atoms with Crippen molar-refractivity contribution in [2.24, 2.45) is 5.41 Å². The molecule has 1 aromatic heterocycles. The van der Waals surface area contributed by atoms with E-state index in [2.05, 4.69) is 0 Å². The van der Waals surface area contributed by atoms with Crippen molar-refractivity contribution in [2.45, 2.75) is 70.8 Å². The second-order valence-corrected chi connectivity index (χ2v) is 8.21. The maximum absolute atomic E-state index is 13.1. The van der Waals surface area contributed by atoms with Gasteiger partial charge in [0.25, 0.3) is 11.5 Å². The van der Waals surface area contributed by atoms with Gasteiger partial charge in [-0.2, -0.15) is 0 Å². The summed E-state index contributed by atoms with van der Waals surface area (Å²) in [4.78, 5) is 27.9. The van der Waals surface area contributed by atoms with Gasteiger partial charge in [-0.15, -0.1) is 0 Å². The van der Waals surface area contributed by atoms with Crippen LogP contribution in [0, 0.1) is 12.3 Å². The predicted molar refractivity (Wildman–Crippen MR) is 94.4 cm³/mol. The van der Waals surface area contributed by atoms with Crippen molar-refractivity contribution in [3.63, 3.8) is 0 Å². The summed E-state index contributed by atoms with van der Waals surface area (Å²) < 4.78 is 1.78. The van der Waals surface area contributed by atoms with E-state index in [9.17, 15) is 9.59 Å². The normalized spacial score (nSPS) is 23.5. The van der Waals surface area contributed by atoms with E-state index in [0.717, 1.165) is 37.9 Å². The van der Waals surface area contributed by atoms with E-state index in [1.54, 1.807) is 4.57 Å². The average Bonchev–Trinajstić information content (AvgIpc) is 3.33. The van der Waals surface area contributed by atoms with Gasteiger partial charge in [0.15, 0.2) is 0 Å². The van der Waals surface area contributed by atoms with Crippen LogP contribution < -0.4 is 5.56 Å². The monoisotopic (exact) mass is 328 g/mol. The molecule has 4 heteroatoms. The molecule has 4 rings (SSSR count). The lowest BCUT2D eigenvalue weighted by atomic mass is 9.80. The molecular formula is C20H28N2O2. The highest BCUT2D eigenvalue weighted by atomic mass is 16.2. The molecule has 0 atom stereocenters. The zero-order valence-electron chi connectivity index (χ0n) is 14.7. The lowest BCUT2D eigenvalue weighted by Crippen LogP contribution is -2.37. The van der Waals surface area contributed by atoms with Crippen LogP contribution in [0.4, 0.5) is 0 Å². The first-order valence-corrected chi connectivity index (χ1v) is 9.61. The Morgan fingerprint density at radius 1 is 1.12 bits per heavy atom. The minimum absolute atomic E-state index is 0.0337. The fourth-order valence-electron chi connectivity index (χ4n) is 4.69. The van der Waals surface area contributed by atoms with E-state index in [4.69, 9.17) is 0 Å².